The fraction of sp³-hybridized carbons (Fsp3) is 0.333. The Morgan fingerprint density at radius 3 is 2.75 bits per heavy atom. The third-order valence-electron chi connectivity index (χ3n) is 3.53. The van der Waals surface area contributed by atoms with Gasteiger partial charge in [-0.1, -0.05) is 48.2 Å². The van der Waals surface area contributed by atoms with Crippen molar-refractivity contribution in [3.05, 3.63) is 40.0 Å². The molecule has 0 unspecified atom stereocenters. The van der Waals surface area contributed by atoms with Gasteiger partial charge < -0.3 is 5.73 Å². The van der Waals surface area contributed by atoms with Crippen LogP contribution >= 0.6 is 23.2 Å². The Kier molecular flexibility index (Phi) is 3.81. The van der Waals surface area contributed by atoms with E-state index < -0.39 is 0 Å². The number of halogens is 2. The lowest BCUT2D eigenvalue weighted by molar-refractivity contribution is 0.713. The van der Waals surface area contributed by atoms with E-state index in [-0.39, 0.29) is 5.95 Å². The zero-order chi connectivity index (χ0) is 14.1. The smallest absolute Gasteiger partial charge is 0.220 e. The highest BCUT2D eigenvalue weighted by atomic mass is 35.5. The van der Waals surface area contributed by atoms with Gasteiger partial charge in [-0.25, -0.2) is 9.97 Å². The minimum absolute atomic E-state index is 0.282. The first kappa shape index (κ1) is 13.7. The number of benzene rings is 1. The highest BCUT2D eigenvalue weighted by Crippen LogP contribution is 2.35. The Bertz CT molecular complexity index is 639. The molecule has 1 fully saturated rings. The van der Waals surface area contributed by atoms with Crippen LogP contribution in [0.1, 0.15) is 25.0 Å². The number of hydrogen-bond acceptors (Lipinski definition) is 3. The van der Waals surface area contributed by atoms with Gasteiger partial charge in [-0.3, -0.25) is 0 Å². The molecule has 0 bridgehead atoms. The van der Waals surface area contributed by atoms with Crippen LogP contribution in [-0.4, -0.2) is 9.97 Å². The summed E-state index contributed by atoms with van der Waals surface area (Å²) in [5.41, 5.74) is 8.30. The molecule has 3 rings (SSSR count). The van der Waals surface area contributed by atoms with Gasteiger partial charge in [-0.05, 0) is 30.9 Å². The van der Waals surface area contributed by atoms with Crippen LogP contribution < -0.4 is 5.73 Å². The van der Waals surface area contributed by atoms with Gasteiger partial charge in [0.15, 0.2) is 0 Å². The minimum Gasteiger partial charge on any atom is -0.368 e. The van der Waals surface area contributed by atoms with Crippen LogP contribution in [-0.2, 0) is 6.42 Å². The third kappa shape index (κ3) is 3.05. The van der Waals surface area contributed by atoms with E-state index >= 15 is 0 Å². The Labute approximate surface area is 128 Å². The number of aromatic nitrogens is 2. The molecule has 1 heterocycles. The van der Waals surface area contributed by atoms with Crippen LogP contribution in [0.4, 0.5) is 5.95 Å². The standard InChI is InChI=1S/C15H15Cl2N3/c16-12-3-1-2-11(14(12)17)13-8-10(19-15(18)20-13)7-6-9-4-5-9/h1-3,8-9H,4-7H2,(H2,18,19,20). The van der Waals surface area contributed by atoms with E-state index in [1.54, 1.807) is 6.07 Å². The topological polar surface area (TPSA) is 51.8 Å². The SMILES string of the molecule is Nc1nc(CCC2CC2)cc(-c2cccc(Cl)c2Cl)n1. The molecule has 0 spiro atoms. The summed E-state index contributed by atoms with van der Waals surface area (Å²) in [5, 5.41) is 1.02. The molecule has 1 aromatic carbocycles. The van der Waals surface area contributed by atoms with Crippen molar-refractivity contribution in [2.75, 3.05) is 5.73 Å². The predicted molar refractivity (Wildman–Crippen MR) is 82.9 cm³/mol. The average Bonchev–Trinajstić information content (AvgIpc) is 3.23. The Hall–Kier alpha value is -1.32. The number of nitrogens with two attached hydrogens (primary N) is 1. The van der Waals surface area contributed by atoms with Crippen molar-refractivity contribution in [1.29, 1.82) is 0 Å². The number of anilines is 1. The molecule has 0 atom stereocenters. The predicted octanol–water partition coefficient (Wildman–Crippen LogP) is 4.38. The van der Waals surface area contributed by atoms with Crippen molar-refractivity contribution >= 4 is 29.2 Å². The molecule has 0 radical (unpaired) electrons. The molecule has 5 heteroatoms. The van der Waals surface area contributed by atoms with E-state index in [0.29, 0.717) is 10.0 Å². The van der Waals surface area contributed by atoms with Crippen LogP contribution in [0.25, 0.3) is 11.3 Å². The molecule has 1 aliphatic carbocycles. The van der Waals surface area contributed by atoms with Gasteiger partial charge in [0.25, 0.3) is 0 Å². The molecule has 1 saturated carbocycles. The highest BCUT2D eigenvalue weighted by molar-refractivity contribution is 6.43. The quantitative estimate of drug-likeness (QED) is 0.912. The Morgan fingerprint density at radius 1 is 1.20 bits per heavy atom. The number of nitrogen functional groups attached to an aromatic ring is 1. The number of hydrogen-bond donors (Lipinski definition) is 1. The maximum atomic E-state index is 6.24. The molecule has 2 aromatic rings. The van der Waals surface area contributed by atoms with Crippen LogP contribution in [0.5, 0.6) is 0 Å². The van der Waals surface area contributed by atoms with E-state index in [1.807, 2.05) is 18.2 Å². The monoisotopic (exact) mass is 307 g/mol. The molecule has 0 aliphatic heterocycles. The fourth-order valence-electron chi connectivity index (χ4n) is 2.24. The van der Waals surface area contributed by atoms with Crippen molar-refractivity contribution in [1.82, 2.24) is 9.97 Å². The Morgan fingerprint density at radius 2 is 2.00 bits per heavy atom. The molecular weight excluding hydrogens is 293 g/mol. The maximum Gasteiger partial charge on any atom is 0.220 e. The molecule has 1 aromatic heterocycles. The summed E-state index contributed by atoms with van der Waals surface area (Å²) in [6, 6.07) is 7.45. The number of aryl methyl sites for hydroxylation is 1. The third-order valence-corrected chi connectivity index (χ3v) is 4.35. The van der Waals surface area contributed by atoms with Crippen molar-refractivity contribution < 1.29 is 0 Å². The fourth-order valence-corrected chi connectivity index (χ4v) is 2.64. The van der Waals surface area contributed by atoms with Crippen molar-refractivity contribution in [3.63, 3.8) is 0 Å². The van der Waals surface area contributed by atoms with E-state index in [0.717, 1.165) is 29.3 Å². The van der Waals surface area contributed by atoms with E-state index in [2.05, 4.69) is 9.97 Å². The summed E-state index contributed by atoms with van der Waals surface area (Å²) >= 11 is 12.3. The second-order valence-corrected chi connectivity index (χ2v) is 5.97. The van der Waals surface area contributed by atoms with E-state index in [1.165, 1.54) is 19.3 Å². The first-order valence-corrected chi connectivity index (χ1v) is 7.47. The molecule has 2 N–H and O–H groups in total. The minimum atomic E-state index is 0.282. The highest BCUT2D eigenvalue weighted by Gasteiger charge is 2.21. The molecule has 3 nitrogen and oxygen atoms in total. The van der Waals surface area contributed by atoms with Gasteiger partial charge in [-0.15, -0.1) is 0 Å². The molecule has 0 amide bonds. The summed E-state index contributed by atoms with van der Waals surface area (Å²) in [7, 11) is 0. The van der Waals surface area contributed by atoms with E-state index in [4.69, 9.17) is 28.9 Å². The lowest BCUT2D eigenvalue weighted by Gasteiger charge is -2.08. The lowest BCUT2D eigenvalue weighted by atomic mass is 10.1. The van der Waals surface area contributed by atoms with Crippen LogP contribution in [0, 0.1) is 5.92 Å². The number of rotatable bonds is 4. The summed E-state index contributed by atoms with van der Waals surface area (Å²) in [5.74, 6) is 1.15. The summed E-state index contributed by atoms with van der Waals surface area (Å²) in [4.78, 5) is 8.57. The molecule has 1 aliphatic rings. The van der Waals surface area contributed by atoms with Crippen LogP contribution in [0.2, 0.25) is 10.0 Å². The molecule has 104 valence electrons. The zero-order valence-corrected chi connectivity index (χ0v) is 12.5. The zero-order valence-electron chi connectivity index (χ0n) is 10.9. The van der Waals surface area contributed by atoms with Crippen LogP contribution in [0.15, 0.2) is 24.3 Å². The second-order valence-electron chi connectivity index (χ2n) is 5.19. The van der Waals surface area contributed by atoms with Gasteiger partial charge in [0.2, 0.25) is 5.95 Å². The molecule has 0 saturated heterocycles. The first-order chi connectivity index (χ1) is 9.63. The van der Waals surface area contributed by atoms with Crippen molar-refractivity contribution in [3.8, 4) is 11.3 Å². The van der Waals surface area contributed by atoms with Crippen molar-refractivity contribution in [2.24, 2.45) is 5.92 Å². The summed E-state index contributed by atoms with van der Waals surface area (Å²) in [6.45, 7) is 0. The summed E-state index contributed by atoms with van der Waals surface area (Å²) < 4.78 is 0. The largest absolute Gasteiger partial charge is 0.368 e. The van der Waals surface area contributed by atoms with Crippen LogP contribution in [0.3, 0.4) is 0 Å². The van der Waals surface area contributed by atoms with Gasteiger partial charge >= 0.3 is 0 Å². The lowest BCUT2D eigenvalue weighted by Crippen LogP contribution is -2.01. The van der Waals surface area contributed by atoms with E-state index in [9.17, 15) is 0 Å². The molecular formula is C15H15Cl2N3. The molecule has 20 heavy (non-hydrogen) atoms. The Balaban J connectivity index is 1.93. The first-order valence-electron chi connectivity index (χ1n) is 6.71. The van der Waals surface area contributed by atoms with Crippen molar-refractivity contribution in [2.45, 2.75) is 25.7 Å². The van der Waals surface area contributed by atoms with Gasteiger partial charge in [0.05, 0.1) is 15.7 Å². The normalized spacial score (nSPS) is 14.5. The average molecular weight is 308 g/mol. The summed E-state index contributed by atoms with van der Waals surface area (Å²) in [6.07, 6.45) is 4.78. The second kappa shape index (κ2) is 5.58. The van der Waals surface area contributed by atoms with Gasteiger partial charge in [0, 0.05) is 11.3 Å². The van der Waals surface area contributed by atoms with Gasteiger partial charge in [0.1, 0.15) is 0 Å². The maximum absolute atomic E-state index is 6.24. The van der Waals surface area contributed by atoms with Gasteiger partial charge in [-0.2, -0.15) is 0 Å². The number of nitrogens with zero attached hydrogens (tertiary/aromatic N) is 2.